The van der Waals surface area contributed by atoms with E-state index in [0.29, 0.717) is 6.54 Å². The number of rotatable bonds is 1. The second kappa shape index (κ2) is 5.71. The molecule has 2 aliphatic heterocycles. The molecule has 2 aliphatic rings. The zero-order chi connectivity index (χ0) is 14.8. The SMILES string of the molecule is CC.NS(=O)(=O)N1CC2(CCNCC2)c2ccccc21. The van der Waals surface area contributed by atoms with Crippen LogP contribution in [-0.2, 0) is 15.6 Å². The molecule has 0 atom stereocenters. The first-order chi connectivity index (χ1) is 9.53. The standard InChI is InChI=1S/C12H17N3O2S.C2H6/c13-18(16,17)15-9-12(5-7-14-8-6-12)10-3-1-2-4-11(10)15;1-2/h1-4,14H,5-9H2,(H2,13,16,17);1-2H3. The van der Waals surface area contributed by atoms with Gasteiger partial charge in [0.15, 0.2) is 0 Å². The molecule has 1 fully saturated rings. The number of hydrogen-bond donors (Lipinski definition) is 2. The van der Waals surface area contributed by atoms with Crippen molar-refractivity contribution in [2.45, 2.75) is 32.1 Å². The van der Waals surface area contributed by atoms with Gasteiger partial charge < -0.3 is 5.32 Å². The second-order valence-corrected chi connectivity index (χ2v) is 6.57. The van der Waals surface area contributed by atoms with Crippen molar-refractivity contribution in [3.8, 4) is 0 Å². The van der Waals surface area contributed by atoms with Crippen molar-refractivity contribution >= 4 is 15.9 Å². The Morgan fingerprint density at radius 1 is 1.20 bits per heavy atom. The van der Waals surface area contributed by atoms with E-state index in [1.807, 2.05) is 38.1 Å². The summed E-state index contributed by atoms with van der Waals surface area (Å²) in [5, 5.41) is 8.65. The molecule has 5 nitrogen and oxygen atoms in total. The number of nitrogens with zero attached hydrogens (tertiary/aromatic N) is 1. The van der Waals surface area contributed by atoms with E-state index in [0.717, 1.165) is 37.2 Å². The minimum Gasteiger partial charge on any atom is -0.317 e. The van der Waals surface area contributed by atoms with Crippen LogP contribution in [0.25, 0.3) is 0 Å². The Balaban J connectivity index is 0.000000704. The normalized spacial score (nSPS) is 20.2. The van der Waals surface area contributed by atoms with E-state index in [-0.39, 0.29) is 5.41 Å². The largest absolute Gasteiger partial charge is 0.317 e. The highest BCUT2D eigenvalue weighted by Gasteiger charge is 2.45. The topological polar surface area (TPSA) is 75.4 Å². The number of anilines is 1. The lowest BCUT2D eigenvalue weighted by molar-refractivity contribution is 0.330. The maximum atomic E-state index is 11.7. The summed E-state index contributed by atoms with van der Waals surface area (Å²) in [6.07, 6.45) is 1.91. The Hall–Kier alpha value is -1.11. The summed E-state index contributed by atoms with van der Waals surface area (Å²) in [5.74, 6) is 0. The molecule has 0 aromatic heterocycles. The molecule has 1 spiro atoms. The summed E-state index contributed by atoms with van der Waals surface area (Å²) in [6.45, 7) is 6.33. The van der Waals surface area contributed by atoms with Crippen molar-refractivity contribution in [1.82, 2.24) is 5.32 Å². The fraction of sp³-hybridized carbons (Fsp3) is 0.571. The van der Waals surface area contributed by atoms with Crippen LogP contribution in [0.15, 0.2) is 24.3 Å². The average Bonchev–Trinajstić information content (AvgIpc) is 2.77. The van der Waals surface area contributed by atoms with Gasteiger partial charge in [0.2, 0.25) is 0 Å². The highest BCUT2D eigenvalue weighted by molar-refractivity contribution is 7.90. The molecule has 1 aromatic carbocycles. The molecule has 3 rings (SSSR count). The summed E-state index contributed by atoms with van der Waals surface area (Å²) in [5.41, 5.74) is 1.82. The van der Waals surface area contributed by atoms with Crippen LogP contribution in [0.4, 0.5) is 5.69 Å². The summed E-state index contributed by atoms with van der Waals surface area (Å²) in [4.78, 5) is 0. The molecule has 1 saturated heterocycles. The predicted octanol–water partition coefficient (Wildman–Crippen LogP) is 1.36. The first-order valence-electron chi connectivity index (χ1n) is 7.14. The Labute approximate surface area is 121 Å². The van der Waals surface area contributed by atoms with Gasteiger partial charge in [-0.2, -0.15) is 8.42 Å². The van der Waals surface area contributed by atoms with Crippen molar-refractivity contribution in [3.05, 3.63) is 29.8 Å². The van der Waals surface area contributed by atoms with Crippen molar-refractivity contribution in [2.75, 3.05) is 23.9 Å². The molecular weight excluding hydrogens is 274 g/mol. The van der Waals surface area contributed by atoms with E-state index < -0.39 is 10.2 Å². The third kappa shape index (κ3) is 2.55. The first kappa shape index (κ1) is 15.3. The molecule has 20 heavy (non-hydrogen) atoms. The highest BCUT2D eigenvalue weighted by Crippen LogP contribution is 2.46. The average molecular weight is 297 g/mol. The molecule has 112 valence electrons. The number of fused-ring (bicyclic) bond motifs is 2. The van der Waals surface area contributed by atoms with Gasteiger partial charge in [0.05, 0.1) is 5.69 Å². The molecule has 0 amide bonds. The molecule has 0 radical (unpaired) electrons. The van der Waals surface area contributed by atoms with Gasteiger partial charge in [0, 0.05) is 12.0 Å². The minimum absolute atomic E-state index is 0.0612. The molecule has 2 heterocycles. The zero-order valence-electron chi connectivity index (χ0n) is 12.1. The van der Waals surface area contributed by atoms with Crippen LogP contribution in [0, 0.1) is 0 Å². The summed E-state index contributed by atoms with van der Waals surface area (Å²) in [7, 11) is -3.68. The zero-order valence-corrected chi connectivity index (χ0v) is 12.9. The summed E-state index contributed by atoms with van der Waals surface area (Å²) < 4.78 is 24.8. The van der Waals surface area contributed by atoms with E-state index in [9.17, 15) is 8.42 Å². The highest BCUT2D eigenvalue weighted by atomic mass is 32.2. The van der Waals surface area contributed by atoms with E-state index in [4.69, 9.17) is 5.14 Å². The van der Waals surface area contributed by atoms with Gasteiger partial charge in [-0.05, 0) is 37.6 Å². The number of piperidine rings is 1. The smallest absolute Gasteiger partial charge is 0.299 e. The van der Waals surface area contributed by atoms with E-state index in [2.05, 4.69) is 5.32 Å². The Kier molecular flexibility index (Phi) is 4.36. The maximum absolute atomic E-state index is 11.7. The van der Waals surface area contributed by atoms with Gasteiger partial charge in [0.1, 0.15) is 0 Å². The summed E-state index contributed by atoms with van der Waals surface area (Å²) in [6, 6.07) is 7.70. The number of hydrogen-bond acceptors (Lipinski definition) is 3. The molecule has 0 bridgehead atoms. The Morgan fingerprint density at radius 2 is 1.80 bits per heavy atom. The van der Waals surface area contributed by atoms with Gasteiger partial charge >= 0.3 is 0 Å². The monoisotopic (exact) mass is 297 g/mol. The van der Waals surface area contributed by atoms with Crippen molar-refractivity contribution in [1.29, 1.82) is 0 Å². The van der Waals surface area contributed by atoms with Crippen molar-refractivity contribution in [2.24, 2.45) is 5.14 Å². The van der Waals surface area contributed by atoms with Crippen LogP contribution in [0.5, 0.6) is 0 Å². The van der Waals surface area contributed by atoms with Crippen molar-refractivity contribution in [3.63, 3.8) is 0 Å². The molecule has 0 aliphatic carbocycles. The van der Waals surface area contributed by atoms with Crippen LogP contribution >= 0.6 is 0 Å². The Bertz CT molecular complexity index is 566. The number of nitrogens with two attached hydrogens (primary N) is 1. The van der Waals surface area contributed by atoms with Crippen LogP contribution in [-0.4, -0.2) is 28.1 Å². The van der Waals surface area contributed by atoms with E-state index >= 15 is 0 Å². The Morgan fingerprint density at radius 3 is 2.40 bits per heavy atom. The molecule has 1 aromatic rings. The van der Waals surface area contributed by atoms with Gasteiger partial charge in [-0.1, -0.05) is 32.0 Å². The third-order valence-corrected chi connectivity index (χ3v) is 5.00. The first-order valence-corrected chi connectivity index (χ1v) is 8.64. The number of para-hydroxylation sites is 1. The van der Waals surface area contributed by atoms with Gasteiger partial charge in [-0.15, -0.1) is 0 Å². The van der Waals surface area contributed by atoms with Crippen LogP contribution in [0.3, 0.4) is 0 Å². The fourth-order valence-corrected chi connectivity index (χ4v) is 4.01. The molecular formula is C14H23N3O2S. The lowest BCUT2D eigenvalue weighted by Gasteiger charge is -2.34. The lowest BCUT2D eigenvalue weighted by Crippen LogP contribution is -2.45. The predicted molar refractivity (Wildman–Crippen MR) is 82.0 cm³/mol. The second-order valence-electron chi connectivity index (χ2n) is 5.10. The van der Waals surface area contributed by atoms with Crippen molar-refractivity contribution < 1.29 is 8.42 Å². The van der Waals surface area contributed by atoms with Crippen LogP contribution < -0.4 is 14.8 Å². The quantitative estimate of drug-likeness (QED) is 0.822. The van der Waals surface area contributed by atoms with Gasteiger partial charge in [0.25, 0.3) is 10.2 Å². The molecule has 6 heteroatoms. The lowest BCUT2D eigenvalue weighted by atomic mass is 9.75. The number of benzene rings is 1. The van der Waals surface area contributed by atoms with E-state index in [1.54, 1.807) is 0 Å². The van der Waals surface area contributed by atoms with E-state index in [1.165, 1.54) is 4.31 Å². The summed E-state index contributed by atoms with van der Waals surface area (Å²) >= 11 is 0. The van der Waals surface area contributed by atoms with Gasteiger partial charge in [-0.25, -0.2) is 5.14 Å². The molecule has 0 unspecified atom stereocenters. The molecule has 3 N–H and O–H groups in total. The third-order valence-electron chi connectivity index (χ3n) is 4.06. The number of nitrogens with one attached hydrogen (secondary N) is 1. The van der Waals surface area contributed by atoms with Gasteiger partial charge in [-0.3, -0.25) is 4.31 Å². The minimum atomic E-state index is -3.68. The van der Waals surface area contributed by atoms with Crippen LogP contribution in [0.2, 0.25) is 0 Å². The van der Waals surface area contributed by atoms with Crippen LogP contribution in [0.1, 0.15) is 32.3 Å². The molecule has 0 saturated carbocycles. The maximum Gasteiger partial charge on any atom is 0.299 e. The fourth-order valence-electron chi connectivity index (χ4n) is 3.14.